The lowest BCUT2D eigenvalue weighted by molar-refractivity contribution is 1.24. The second-order valence-electron chi connectivity index (χ2n) is 11.5. The Morgan fingerprint density at radius 1 is 0.341 bits per heavy atom. The lowest BCUT2D eigenvalue weighted by Crippen LogP contribution is -2.14. The van der Waals surface area contributed by atoms with Gasteiger partial charge in [0.05, 0.1) is 22.4 Å². The molecule has 4 heteroatoms. The standard InChI is InChI=1S/C40H34N4/c1-27-9-17-31(18-10-27)43(32-19-11-28(2)12-20-32)37-25-26-38(40-39(37)41-35-7-5-6-8-36(35)42-40)44(33-21-13-29(3)14-22-33)34-23-15-30(4)16-24-34/h5-26H,1-4H3. The van der Waals surface area contributed by atoms with Crippen LogP contribution in [0.5, 0.6) is 0 Å². The number of benzene rings is 6. The number of hydrogen-bond donors (Lipinski definition) is 0. The molecule has 0 aliphatic carbocycles. The maximum atomic E-state index is 5.31. The van der Waals surface area contributed by atoms with E-state index in [0.29, 0.717) is 0 Å². The van der Waals surface area contributed by atoms with Gasteiger partial charge in [-0.3, -0.25) is 0 Å². The minimum absolute atomic E-state index is 0.839. The predicted octanol–water partition coefficient (Wildman–Crippen LogP) is 11.0. The normalized spacial score (nSPS) is 11.2. The van der Waals surface area contributed by atoms with Crippen molar-refractivity contribution in [2.24, 2.45) is 0 Å². The van der Waals surface area contributed by atoms with E-state index in [1.807, 2.05) is 24.3 Å². The first-order valence-electron chi connectivity index (χ1n) is 15.0. The molecule has 1 heterocycles. The van der Waals surface area contributed by atoms with Crippen LogP contribution in [0.25, 0.3) is 22.1 Å². The van der Waals surface area contributed by atoms with Gasteiger partial charge in [0.25, 0.3) is 0 Å². The Balaban J connectivity index is 1.54. The maximum Gasteiger partial charge on any atom is 0.116 e. The van der Waals surface area contributed by atoms with Crippen LogP contribution in [0, 0.1) is 27.7 Å². The van der Waals surface area contributed by atoms with E-state index < -0.39 is 0 Å². The summed E-state index contributed by atoms with van der Waals surface area (Å²) in [6.45, 7) is 8.47. The van der Waals surface area contributed by atoms with Crippen LogP contribution < -0.4 is 9.80 Å². The number of hydrogen-bond acceptors (Lipinski definition) is 4. The molecule has 44 heavy (non-hydrogen) atoms. The molecule has 4 nitrogen and oxygen atoms in total. The molecule has 0 amide bonds. The summed E-state index contributed by atoms with van der Waals surface area (Å²) < 4.78 is 0. The van der Waals surface area contributed by atoms with E-state index in [1.165, 1.54) is 22.3 Å². The minimum Gasteiger partial charge on any atom is -0.308 e. The summed E-state index contributed by atoms with van der Waals surface area (Å²) in [5.74, 6) is 0. The Hall–Kier alpha value is -5.48. The highest BCUT2D eigenvalue weighted by Crippen LogP contribution is 2.44. The highest BCUT2D eigenvalue weighted by Gasteiger charge is 2.23. The van der Waals surface area contributed by atoms with E-state index in [4.69, 9.17) is 9.97 Å². The van der Waals surface area contributed by atoms with Gasteiger partial charge in [-0.25, -0.2) is 9.97 Å². The third kappa shape index (κ3) is 5.16. The molecule has 0 saturated carbocycles. The van der Waals surface area contributed by atoms with Crippen molar-refractivity contribution in [3.8, 4) is 0 Å². The van der Waals surface area contributed by atoms with E-state index in [9.17, 15) is 0 Å². The number of anilines is 6. The summed E-state index contributed by atoms with van der Waals surface area (Å²) in [7, 11) is 0. The molecule has 6 aromatic carbocycles. The van der Waals surface area contributed by atoms with Gasteiger partial charge >= 0.3 is 0 Å². The first-order chi connectivity index (χ1) is 21.4. The zero-order chi connectivity index (χ0) is 30.2. The molecule has 0 radical (unpaired) electrons. The summed E-state index contributed by atoms with van der Waals surface area (Å²) in [6, 6.07) is 47.2. The Morgan fingerprint density at radius 3 is 0.886 bits per heavy atom. The fraction of sp³-hybridized carbons (Fsp3) is 0.100. The lowest BCUT2D eigenvalue weighted by Gasteiger charge is -2.30. The Kier molecular flexibility index (Phi) is 7.03. The molecule has 0 unspecified atom stereocenters. The van der Waals surface area contributed by atoms with Crippen LogP contribution in [0.4, 0.5) is 34.1 Å². The predicted molar refractivity (Wildman–Crippen MR) is 185 cm³/mol. The second kappa shape index (κ2) is 11.3. The second-order valence-corrected chi connectivity index (χ2v) is 11.5. The van der Waals surface area contributed by atoms with Crippen LogP contribution in [-0.4, -0.2) is 9.97 Å². The molecule has 0 aliphatic heterocycles. The van der Waals surface area contributed by atoms with Crippen LogP contribution in [0.1, 0.15) is 22.3 Å². The van der Waals surface area contributed by atoms with Gasteiger partial charge in [0.15, 0.2) is 0 Å². The molecule has 0 fully saturated rings. The quantitative estimate of drug-likeness (QED) is 0.186. The van der Waals surface area contributed by atoms with E-state index in [1.54, 1.807) is 0 Å². The highest BCUT2D eigenvalue weighted by atomic mass is 15.2. The number of aryl methyl sites for hydroxylation is 4. The third-order valence-electron chi connectivity index (χ3n) is 8.11. The summed E-state index contributed by atoms with van der Waals surface area (Å²) in [4.78, 5) is 15.2. The molecular weight excluding hydrogens is 536 g/mol. The lowest BCUT2D eigenvalue weighted by atomic mass is 10.1. The number of para-hydroxylation sites is 2. The average Bonchev–Trinajstić information content (AvgIpc) is 3.04. The van der Waals surface area contributed by atoms with Gasteiger partial charge in [-0.2, -0.15) is 0 Å². The van der Waals surface area contributed by atoms with Crippen LogP contribution in [-0.2, 0) is 0 Å². The summed E-state index contributed by atoms with van der Waals surface area (Å²) in [5.41, 5.74) is 14.5. The van der Waals surface area contributed by atoms with Crippen LogP contribution in [0.2, 0.25) is 0 Å². The highest BCUT2D eigenvalue weighted by molar-refractivity contribution is 6.05. The number of fused-ring (bicyclic) bond motifs is 2. The zero-order valence-corrected chi connectivity index (χ0v) is 25.5. The van der Waals surface area contributed by atoms with Gasteiger partial charge in [-0.1, -0.05) is 82.9 Å². The summed E-state index contributed by atoms with van der Waals surface area (Å²) >= 11 is 0. The van der Waals surface area contributed by atoms with Crippen molar-refractivity contribution in [1.82, 2.24) is 9.97 Å². The Bertz CT molecular complexity index is 1840. The van der Waals surface area contributed by atoms with Crippen LogP contribution in [0.15, 0.2) is 133 Å². The first kappa shape index (κ1) is 27.4. The zero-order valence-electron chi connectivity index (χ0n) is 25.5. The maximum absolute atomic E-state index is 5.31. The third-order valence-corrected chi connectivity index (χ3v) is 8.11. The summed E-state index contributed by atoms with van der Waals surface area (Å²) in [6.07, 6.45) is 0. The molecule has 0 spiro atoms. The van der Waals surface area contributed by atoms with Crippen molar-refractivity contribution in [1.29, 1.82) is 0 Å². The largest absolute Gasteiger partial charge is 0.308 e. The molecule has 1 aromatic heterocycles. The van der Waals surface area contributed by atoms with E-state index in [2.05, 4.69) is 147 Å². The van der Waals surface area contributed by atoms with Gasteiger partial charge in [0.1, 0.15) is 11.0 Å². The van der Waals surface area contributed by atoms with Crippen molar-refractivity contribution in [3.05, 3.63) is 156 Å². The van der Waals surface area contributed by atoms with Crippen molar-refractivity contribution >= 4 is 56.2 Å². The van der Waals surface area contributed by atoms with E-state index in [0.717, 1.165) is 56.2 Å². The molecule has 0 atom stereocenters. The number of nitrogens with zero attached hydrogens (tertiary/aromatic N) is 4. The SMILES string of the molecule is Cc1ccc(N(c2ccc(C)cc2)c2ccc(N(c3ccc(C)cc3)c3ccc(C)cc3)c3nc4ccccc4nc23)cc1. The molecule has 0 N–H and O–H groups in total. The number of aromatic nitrogens is 2. The molecule has 7 aromatic rings. The van der Waals surface area contributed by atoms with Crippen molar-refractivity contribution in [3.63, 3.8) is 0 Å². The summed E-state index contributed by atoms with van der Waals surface area (Å²) in [5, 5.41) is 0. The first-order valence-corrected chi connectivity index (χ1v) is 15.0. The average molecular weight is 571 g/mol. The minimum atomic E-state index is 0.839. The van der Waals surface area contributed by atoms with Crippen molar-refractivity contribution in [2.45, 2.75) is 27.7 Å². The van der Waals surface area contributed by atoms with E-state index >= 15 is 0 Å². The fourth-order valence-electron chi connectivity index (χ4n) is 5.66. The Morgan fingerprint density at radius 2 is 0.614 bits per heavy atom. The molecule has 214 valence electrons. The monoisotopic (exact) mass is 570 g/mol. The van der Waals surface area contributed by atoms with Gasteiger partial charge < -0.3 is 9.80 Å². The Labute approximate surface area is 258 Å². The van der Waals surface area contributed by atoms with E-state index in [-0.39, 0.29) is 0 Å². The van der Waals surface area contributed by atoms with Gasteiger partial charge in [-0.05, 0) is 100 Å². The van der Waals surface area contributed by atoms with Gasteiger partial charge in [0, 0.05) is 22.7 Å². The molecule has 7 rings (SSSR count). The molecular formula is C40H34N4. The van der Waals surface area contributed by atoms with Gasteiger partial charge in [0.2, 0.25) is 0 Å². The van der Waals surface area contributed by atoms with Crippen LogP contribution in [0.3, 0.4) is 0 Å². The molecule has 0 saturated heterocycles. The molecule has 0 bridgehead atoms. The van der Waals surface area contributed by atoms with Crippen molar-refractivity contribution in [2.75, 3.05) is 9.80 Å². The fourth-order valence-corrected chi connectivity index (χ4v) is 5.66. The van der Waals surface area contributed by atoms with Crippen molar-refractivity contribution < 1.29 is 0 Å². The van der Waals surface area contributed by atoms with Crippen LogP contribution >= 0.6 is 0 Å². The number of rotatable bonds is 6. The molecule has 0 aliphatic rings. The topological polar surface area (TPSA) is 32.3 Å². The van der Waals surface area contributed by atoms with Gasteiger partial charge in [-0.15, -0.1) is 0 Å². The smallest absolute Gasteiger partial charge is 0.116 e.